The van der Waals surface area contributed by atoms with Crippen LogP contribution in [0.1, 0.15) is 22.8 Å². The van der Waals surface area contributed by atoms with Crippen LogP contribution in [0.5, 0.6) is 17.2 Å². The lowest BCUT2D eigenvalue weighted by Gasteiger charge is -2.06. The number of rotatable bonds is 3. The van der Waals surface area contributed by atoms with Crippen molar-refractivity contribution in [2.75, 3.05) is 0 Å². The fourth-order valence-corrected chi connectivity index (χ4v) is 1.94. The molecular weight excluding hydrogens is 308 g/mol. The van der Waals surface area contributed by atoms with Crippen molar-refractivity contribution in [3.8, 4) is 17.2 Å². The zero-order valence-corrected chi connectivity index (χ0v) is 12.3. The number of amides is 1. The fourth-order valence-electron chi connectivity index (χ4n) is 1.77. The Hall–Kier alpha value is -2.73. The molecule has 1 amide bonds. The molecule has 2 aromatic rings. The molecule has 22 heavy (non-hydrogen) atoms. The number of hydrogen-bond donors (Lipinski definition) is 4. The van der Waals surface area contributed by atoms with Crippen molar-refractivity contribution in [2.24, 2.45) is 5.10 Å². The van der Waals surface area contributed by atoms with Gasteiger partial charge in [-0.1, -0.05) is 11.6 Å². The Kier molecular flexibility index (Phi) is 4.53. The van der Waals surface area contributed by atoms with Crippen LogP contribution >= 0.6 is 11.6 Å². The van der Waals surface area contributed by atoms with Crippen LogP contribution in [0.4, 0.5) is 0 Å². The van der Waals surface area contributed by atoms with E-state index in [9.17, 15) is 20.1 Å². The number of phenols is 3. The van der Waals surface area contributed by atoms with Crippen LogP contribution in [0, 0.1) is 0 Å². The van der Waals surface area contributed by atoms with E-state index in [2.05, 4.69) is 10.5 Å². The summed E-state index contributed by atoms with van der Waals surface area (Å²) in [7, 11) is 0. The number of benzene rings is 2. The van der Waals surface area contributed by atoms with E-state index in [0.29, 0.717) is 16.3 Å². The Morgan fingerprint density at radius 1 is 1.05 bits per heavy atom. The molecule has 4 N–H and O–H groups in total. The lowest BCUT2D eigenvalue weighted by atomic mass is 10.1. The maximum atomic E-state index is 12.0. The standard InChI is InChI=1S/C15H13ClN2O4/c1-8(11-4-3-10(19)7-14(11)21)17-18-15(22)12-6-9(16)2-5-13(12)20/h2-7,19-21H,1H3,(H,18,22). The molecular formula is C15H13ClN2O4. The molecule has 0 aliphatic heterocycles. The van der Waals surface area contributed by atoms with Crippen molar-refractivity contribution in [1.82, 2.24) is 5.43 Å². The van der Waals surface area contributed by atoms with Crippen molar-refractivity contribution >= 4 is 23.2 Å². The largest absolute Gasteiger partial charge is 0.508 e. The van der Waals surface area contributed by atoms with Crippen molar-refractivity contribution in [2.45, 2.75) is 6.92 Å². The van der Waals surface area contributed by atoms with Crippen LogP contribution < -0.4 is 5.43 Å². The van der Waals surface area contributed by atoms with E-state index in [1.54, 1.807) is 6.92 Å². The van der Waals surface area contributed by atoms with Gasteiger partial charge in [0.1, 0.15) is 17.2 Å². The van der Waals surface area contributed by atoms with E-state index in [-0.39, 0.29) is 22.8 Å². The molecule has 0 aliphatic carbocycles. The van der Waals surface area contributed by atoms with Gasteiger partial charge in [0.25, 0.3) is 5.91 Å². The molecule has 114 valence electrons. The monoisotopic (exact) mass is 320 g/mol. The first-order valence-electron chi connectivity index (χ1n) is 6.24. The highest BCUT2D eigenvalue weighted by atomic mass is 35.5. The van der Waals surface area contributed by atoms with Gasteiger partial charge in [-0.2, -0.15) is 5.10 Å². The molecule has 0 saturated carbocycles. The fraction of sp³-hybridized carbons (Fsp3) is 0.0667. The van der Waals surface area contributed by atoms with E-state index in [1.807, 2.05) is 0 Å². The highest BCUT2D eigenvalue weighted by Crippen LogP contribution is 2.23. The Bertz CT molecular complexity index is 759. The molecule has 0 aliphatic rings. The summed E-state index contributed by atoms with van der Waals surface area (Å²) in [6.07, 6.45) is 0. The molecule has 0 bridgehead atoms. The normalized spacial score (nSPS) is 11.3. The quantitative estimate of drug-likeness (QED) is 0.515. The summed E-state index contributed by atoms with van der Waals surface area (Å²) in [5, 5.41) is 32.7. The minimum Gasteiger partial charge on any atom is -0.508 e. The highest BCUT2D eigenvalue weighted by Gasteiger charge is 2.12. The smallest absolute Gasteiger partial charge is 0.275 e. The van der Waals surface area contributed by atoms with Gasteiger partial charge in [0.2, 0.25) is 0 Å². The second kappa shape index (κ2) is 6.36. The maximum absolute atomic E-state index is 12.0. The van der Waals surface area contributed by atoms with E-state index in [1.165, 1.54) is 36.4 Å². The number of nitrogens with one attached hydrogen (secondary N) is 1. The first kappa shape index (κ1) is 15.7. The van der Waals surface area contributed by atoms with Crippen LogP contribution in [0.15, 0.2) is 41.5 Å². The minimum absolute atomic E-state index is 0.0148. The van der Waals surface area contributed by atoms with Crippen LogP contribution in [-0.4, -0.2) is 26.9 Å². The third-order valence-corrected chi connectivity index (χ3v) is 3.13. The van der Waals surface area contributed by atoms with E-state index in [0.717, 1.165) is 0 Å². The number of nitrogens with zero attached hydrogens (tertiary/aromatic N) is 1. The van der Waals surface area contributed by atoms with E-state index in [4.69, 9.17) is 11.6 Å². The number of carbonyl (C=O) groups is 1. The average molecular weight is 321 g/mol. The Morgan fingerprint density at radius 3 is 2.45 bits per heavy atom. The molecule has 0 radical (unpaired) electrons. The van der Waals surface area contributed by atoms with Gasteiger partial charge in [-0.25, -0.2) is 5.43 Å². The van der Waals surface area contributed by atoms with Gasteiger partial charge >= 0.3 is 0 Å². The van der Waals surface area contributed by atoms with Gasteiger partial charge in [0.15, 0.2) is 0 Å². The lowest BCUT2D eigenvalue weighted by Crippen LogP contribution is -2.19. The summed E-state index contributed by atoms with van der Waals surface area (Å²) in [6.45, 7) is 1.57. The van der Waals surface area contributed by atoms with E-state index < -0.39 is 5.91 Å². The van der Waals surface area contributed by atoms with Crippen molar-refractivity contribution < 1.29 is 20.1 Å². The zero-order chi connectivity index (χ0) is 16.3. The lowest BCUT2D eigenvalue weighted by molar-refractivity contribution is 0.0952. The van der Waals surface area contributed by atoms with Crippen molar-refractivity contribution in [3.05, 3.63) is 52.5 Å². The predicted molar refractivity (Wildman–Crippen MR) is 82.6 cm³/mol. The molecule has 0 aromatic heterocycles. The number of phenolic OH excluding ortho intramolecular Hbond substituents is 3. The summed E-state index contributed by atoms with van der Waals surface area (Å²) < 4.78 is 0. The molecule has 0 spiro atoms. The average Bonchev–Trinajstić information content (AvgIpc) is 2.47. The van der Waals surface area contributed by atoms with Crippen LogP contribution in [0.25, 0.3) is 0 Å². The van der Waals surface area contributed by atoms with Gasteiger partial charge in [0.05, 0.1) is 11.3 Å². The SMILES string of the molecule is CC(=NNC(=O)c1cc(Cl)ccc1O)c1ccc(O)cc1O. The number of hydrogen-bond acceptors (Lipinski definition) is 5. The first-order valence-corrected chi connectivity index (χ1v) is 6.62. The third kappa shape index (κ3) is 3.48. The van der Waals surface area contributed by atoms with Crippen LogP contribution in [-0.2, 0) is 0 Å². The van der Waals surface area contributed by atoms with Crippen molar-refractivity contribution in [1.29, 1.82) is 0 Å². The Morgan fingerprint density at radius 2 is 1.77 bits per heavy atom. The van der Waals surface area contributed by atoms with Gasteiger partial charge in [-0.15, -0.1) is 0 Å². The van der Waals surface area contributed by atoms with Gasteiger partial charge < -0.3 is 15.3 Å². The molecule has 2 aromatic carbocycles. The zero-order valence-electron chi connectivity index (χ0n) is 11.5. The van der Waals surface area contributed by atoms with Gasteiger partial charge in [0, 0.05) is 16.7 Å². The molecule has 0 atom stereocenters. The predicted octanol–water partition coefficient (Wildman–Crippen LogP) is 2.61. The Balaban J connectivity index is 2.20. The summed E-state index contributed by atoms with van der Waals surface area (Å²) >= 11 is 5.77. The third-order valence-electron chi connectivity index (χ3n) is 2.90. The second-order valence-corrected chi connectivity index (χ2v) is 4.94. The minimum atomic E-state index is -0.641. The molecule has 0 heterocycles. The molecule has 6 nitrogen and oxygen atoms in total. The first-order chi connectivity index (χ1) is 10.4. The van der Waals surface area contributed by atoms with Crippen LogP contribution in [0.3, 0.4) is 0 Å². The van der Waals surface area contributed by atoms with Gasteiger partial charge in [-0.05, 0) is 37.3 Å². The van der Waals surface area contributed by atoms with E-state index >= 15 is 0 Å². The van der Waals surface area contributed by atoms with Gasteiger partial charge in [-0.3, -0.25) is 4.79 Å². The second-order valence-electron chi connectivity index (χ2n) is 4.50. The highest BCUT2D eigenvalue weighted by molar-refractivity contribution is 6.31. The molecule has 2 rings (SSSR count). The molecule has 0 saturated heterocycles. The Labute approximate surface area is 131 Å². The number of hydrazone groups is 1. The summed E-state index contributed by atoms with van der Waals surface area (Å²) in [5.74, 6) is -1.11. The summed E-state index contributed by atoms with van der Waals surface area (Å²) in [4.78, 5) is 12.0. The number of halogens is 1. The topological polar surface area (TPSA) is 102 Å². The van der Waals surface area contributed by atoms with Crippen LogP contribution in [0.2, 0.25) is 5.02 Å². The summed E-state index contributed by atoms with van der Waals surface area (Å²) in [6, 6.07) is 8.09. The number of aromatic hydroxyl groups is 3. The molecule has 0 fully saturated rings. The number of carbonyl (C=O) groups excluding carboxylic acids is 1. The summed E-state index contributed by atoms with van der Waals surface area (Å²) in [5.41, 5.74) is 2.93. The molecule has 0 unspecified atom stereocenters. The van der Waals surface area contributed by atoms with Crippen molar-refractivity contribution in [3.63, 3.8) is 0 Å². The molecule has 7 heteroatoms. The maximum Gasteiger partial charge on any atom is 0.275 e.